The number of hydrogen-bond acceptors (Lipinski definition) is 4. The molecule has 0 bridgehead atoms. The van der Waals surface area contributed by atoms with Gasteiger partial charge in [-0.05, 0) is 31.5 Å². The van der Waals surface area contributed by atoms with E-state index >= 15 is 0 Å². The van der Waals surface area contributed by atoms with Gasteiger partial charge in [-0.1, -0.05) is 19.4 Å². The second-order valence-corrected chi connectivity index (χ2v) is 6.68. The number of hydrogen-bond donors (Lipinski definition) is 3. The molecular formula is C15H22N2O4S. The average Bonchev–Trinajstić information content (AvgIpc) is 2.44. The molecule has 6 nitrogen and oxygen atoms in total. The Labute approximate surface area is 131 Å². The molecule has 7 heteroatoms. The maximum atomic E-state index is 12.5. The normalized spacial score (nSPS) is 12.6. The van der Waals surface area contributed by atoms with Gasteiger partial charge in [-0.15, -0.1) is 6.58 Å². The molecule has 22 heavy (non-hydrogen) atoms. The van der Waals surface area contributed by atoms with Crippen LogP contribution in [0.1, 0.15) is 37.0 Å². The number of sulfonamides is 1. The van der Waals surface area contributed by atoms with Gasteiger partial charge < -0.3 is 10.4 Å². The molecule has 0 spiro atoms. The van der Waals surface area contributed by atoms with Crippen molar-refractivity contribution in [1.82, 2.24) is 4.72 Å². The third kappa shape index (κ3) is 4.85. The molecular weight excluding hydrogens is 304 g/mol. The van der Waals surface area contributed by atoms with Crippen molar-refractivity contribution in [1.29, 1.82) is 0 Å². The molecule has 0 aromatic heterocycles. The highest BCUT2D eigenvalue weighted by atomic mass is 32.2. The minimum absolute atomic E-state index is 0.0720. The van der Waals surface area contributed by atoms with Crippen LogP contribution in [0.15, 0.2) is 35.7 Å². The summed E-state index contributed by atoms with van der Waals surface area (Å²) in [6.45, 7) is 7.68. The van der Waals surface area contributed by atoms with Crippen LogP contribution < -0.4 is 10.0 Å². The molecule has 0 aliphatic carbocycles. The van der Waals surface area contributed by atoms with Gasteiger partial charge in [0.05, 0.1) is 11.3 Å². The van der Waals surface area contributed by atoms with Crippen molar-refractivity contribution in [2.24, 2.45) is 0 Å². The Morgan fingerprint density at radius 1 is 1.45 bits per heavy atom. The van der Waals surface area contributed by atoms with Crippen molar-refractivity contribution >= 4 is 21.7 Å². The number of anilines is 1. The molecule has 1 atom stereocenters. The Kier molecular flexibility index (Phi) is 6.58. The summed E-state index contributed by atoms with van der Waals surface area (Å²) in [5, 5.41) is 12.0. The quantitative estimate of drug-likeness (QED) is 0.606. The number of carboxylic acid groups (broad SMARTS) is 1. The van der Waals surface area contributed by atoms with Crippen molar-refractivity contribution in [3.63, 3.8) is 0 Å². The Morgan fingerprint density at radius 3 is 2.68 bits per heavy atom. The van der Waals surface area contributed by atoms with E-state index in [9.17, 15) is 13.2 Å². The van der Waals surface area contributed by atoms with Gasteiger partial charge in [-0.25, -0.2) is 17.9 Å². The minimum Gasteiger partial charge on any atom is -0.478 e. The van der Waals surface area contributed by atoms with Crippen LogP contribution >= 0.6 is 0 Å². The van der Waals surface area contributed by atoms with Crippen molar-refractivity contribution in [3.05, 3.63) is 36.4 Å². The molecule has 1 aromatic rings. The van der Waals surface area contributed by atoms with Crippen LogP contribution in [0, 0.1) is 0 Å². The highest BCUT2D eigenvalue weighted by Gasteiger charge is 2.22. The van der Waals surface area contributed by atoms with Crippen LogP contribution in [-0.2, 0) is 10.0 Å². The predicted octanol–water partition coefficient (Wildman–Crippen LogP) is 2.45. The first kappa shape index (κ1) is 18.2. The molecule has 122 valence electrons. The Bertz CT molecular complexity index is 641. The number of carbonyl (C=O) groups is 1. The fourth-order valence-electron chi connectivity index (χ4n) is 2.03. The highest BCUT2D eigenvalue weighted by molar-refractivity contribution is 7.89. The number of rotatable bonds is 9. The second kappa shape index (κ2) is 7.95. The number of aromatic carboxylic acids is 1. The molecule has 0 aliphatic rings. The van der Waals surface area contributed by atoms with Crippen molar-refractivity contribution < 1.29 is 18.3 Å². The summed E-state index contributed by atoms with van der Waals surface area (Å²) < 4.78 is 27.6. The summed E-state index contributed by atoms with van der Waals surface area (Å²) >= 11 is 0. The molecule has 0 saturated carbocycles. The maximum Gasteiger partial charge on any atom is 0.335 e. The van der Waals surface area contributed by atoms with Gasteiger partial charge in [0, 0.05) is 12.6 Å². The van der Waals surface area contributed by atoms with Gasteiger partial charge in [0.1, 0.15) is 4.90 Å². The summed E-state index contributed by atoms with van der Waals surface area (Å²) in [4.78, 5) is 11.0. The van der Waals surface area contributed by atoms with E-state index in [0.717, 1.165) is 12.5 Å². The van der Waals surface area contributed by atoms with E-state index in [0.29, 0.717) is 18.7 Å². The summed E-state index contributed by atoms with van der Waals surface area (Å²) in [5.74, 6) is -1.17. The Hall–Kier alpha value is -1.86. The molecule has 0 aliphatic heterocycles. The maximum absolute atomic E-state index is 12.5. The first-order chi connectivity index (χ1) is 10.3. The first-order valence-corrected chi connectivity index (χ1v) is 8.54. The fraction of sp³-hybridized carbons (Fsp3) is 0.400. The number of benzene rings is 1. The van der Waals surface area contributed by atoms with E-state index in [1.165, 1.54) is 12.1 Å². The number of carboxylic acids is 1. The van der Waals surface area contributed by atoms with Crippen LogP contribution in [0.2, 0.25) is 0 Å². The molecule has 0 heterocycles. The fourth-order valence-corrected chi connectivity index (χ4v) is 3.51. The zero-order chi connectivity index (χ0) is 16.8. The molecule has 3 N–H and O–H groups in total. The van der Waals surface area contributed by atoms with Crippen LogP contribution in [-0.4, -0.2) is 32.1 Å². The van der Waals surface area contributed by atoms with E-state index in [2.05, 4.69) is 16.6 Å². The molecule has 1 rings (SSSR count). The zero-order valence-electron chi connectivity index (χ0n) is 12.8. The molecule has 1 aromatic carbocycles. The highest BCUT2D eigenvalue weighted by Crippen LogP contribution is 2.23. The third-order valence-corrected chi connectivity index (χ3v) is 4.66. The smallest absolute Gasteiger partial charge is 0.335 e. The lowest BCUT2D eigenvalue weighted by Crippen LogP contribution is -2.33. The largest absolute Gasteiger partial charge is 0.478 e. The van der Waals surface area contributed by atoms with Gasteiger partial charge in [0.15, 0.2) is 0 Å². The van der Waals surface area contributed by atoms with Crippen molar-refractivity contribution in [2.75, 3.05) is 11.9 Å². The van der Waals surface area contributed by atoms with Crippen molar-refractivity contribution in [2.45, 2.75) is 37.6 Å². The van der Waals surface area contributed by atoms with E-state index < -0.39 is 16.0 Å². The van der Waals surface area contributed by atoms with Crippen LogP contribution in [0.5, 0.6) is 0 Å². The summed E-state index contributed by atoms with van der Waals surface area (Å²) in [6, 6.07) is 3.75. The molecule has 0 saturated heterocycles. The summed E-state index contributed by atoms with van der Waals surface area (Å²) in [6.07, 6.45) is 3.14. The Morgan fingerprint density at radius 2 is 2.14 bits per heavy atom. The second-order valence-electron chi connectivity index (χ2n) is 5.00. The standard InChI is InChI=1S/C15H22N2O4S/c1-4-6-11(3)17-22(20,21)14-10-12(15(18)19)7-8-13(14)16-9-5-2/h5,7-8,10-11,16-17H,2,4,6,9H2,1,3H3,(H,18,19)/t11-/m1/s1. The summed E-state index contributed by atoms with van der Waals surface area (Å²) in [7, 11) is -3.81. The lowest BCUT2D eigenvalue weighted by molar-refractivity contribution is 0.0696. The van der Waals surface area contributed by atoms with Crippen LogP contribution in [0.3, 0.4) is 0 Å². The van der Waals surface area contributed by atoms with Gasteiger partial charge in [0.25, 0.3) is 0 Å². The van der Waals surface area contributed by atoms with Gasteiger partial charge in [0.2, 0.25) is 10.0 Å². The lowest BCUT2D eigenvalue weighted by Gasteiger charge is -2.16. The minimum atomic E-state index is -3.81. The summed E-state index contributed by atoms with van der Waals surface area (Å²) in [5.41, 5.74) is 0.272. The van der Waals surface area contributed by atoms with E-state index in [1.807, 2.05) is 6.92 Å². The molecule has 0 amide bonds. The monoisotopic (exact) mass is 326 g/mol. The van der Waals surface area contributed by atoms with Crippen molar-refractivity contribution in [3.8, 4) is 0 Å². The van der Waals surface area contributed by atoms with Gasteiger partial charge in [-0.2, -0.15) is 0 Å². The topological polar surface area (TPSA) is 95.5 Å². The predicted molar refractivity (Wildman–Crippen MR) is 86.8 cm³/mol. The molecule has 0 unspecified atom stereocenters. The van der Waals surface area contributed by atoms with E-state index in [-0.39, 0.29) is 16.5 Å². The van der Waals surface area contributed by atoms with E-state index in [1.54, 1.807) is 13.0 Å². The van der Waals surface area contributed by atoms with Gasteiger partial charge >= 0.3 is 5.97 Å². The SMILES string of the molecule is C=CCNc1ccc(C(=O)O)cc1S(=O)(=O)N[C@H](C)CCC. The average molecular weight is 326 g/mol. The lowest BCUT2D eigenvalue weighted by atomic mass is 10.2. The third-order valence-electron chi connectivity index (χ3n) is 3.03. The molecule has 0 radical (unpaired) electrons. The van der Waals surface area contributed by atoms with Crippen LogP contribution in [0.4, 0.5) is 5.69 Å². The zero-order valence-corrected chi connectivity index (χ0v) is 13.6. The van der Waals surface area contributed by atoms with E-state index in [4.69, 9.17) is 5.11 Å². The molecule has 0 fully saturated rings. The first-order valence-electron chi connectivity index (χ1n) is 7.06. The Balaban J connectivity index is 3.24. The van der Waals surface area contributed by atoms with Crippen LogP contribution in [0.25, 0.3) is 0 Å². The van der Waals surface area contributed by atoms with Gasteiger partial charge in [-0.3, -0.25) is 0 Å². The number of nitrogens with one attached hydrogen (secondary N) is 2.